The Morgan fingerprint density at radius 2 is 2.26 bits per heavy atom. The summed E-state index contributed by atoms with van der Waals surface area (Å²) in [5.41, 5.74) is 2.25. The number of pyridine rings is 1. The van der Waals surface area contributed by atoms with E-state index in [9.17, 15) is 5.11 Å². The molecule has 1 fully saturated rings. The van der Waals surface area contributed by atoms with E-state index in [0.29, 0.717) is 5.92 Å². The zero-order chi connectivity index (χ0) is 13.7. The summed E-state index contributed by atoms with van der Waals surface area (Å²) in [6, 6.07) is 4.14. The third-order valence-electron chi connectivity index (χ3n) is 3.61. The Labute approximate surface area is 115 Å². The van der Waals surface area contributed by atoms with Gasteiger partial charge in [-0.05, 0) is 44.4 Å². The lowest BCUT2D eigenvalue weighted by Gasteiger charge is -2.34. The van der Waals surface area contributed by atoms with E-state index in [1.165, 1.54) is 0 Å². The highest BCUT2D eigenvalue weighted by molar-refractivity contribution is 5.43. The van der Waals surface area contributed by atoms with Crippen LogP contribution in [-0.4, -0.2) is 41.2 Å². The van der Waals surface area contributed by atoms with Crippen LogP contribution < -0.4 is 5.32 Å². The lowest BCUT2D eigenvalue weighted by molar-refractivity contribution is 0.0272. The second kappa shape index (κ2) is 6.87. The summed E-state index contributed by atoms with van der Waals surface area (Å²) in [6.45, 7) is 5.08. The number of nitrogens with one attached hydrogen (secondary N) is 1. The lowest BCUT2D eigenvalue weighted by atomic mass is 9.82. The molecule has 1 aromatic heterocycles. The molecule has 0 unspecified atom stereocenters. The molecule has 2 rings (SSSR count). The molecular formula is C15H25N3O. The van der Waals surface area contributed by atoms with Gasteiger partial charge in [-0.2, -0.15) is 0 Å². The van der Waals surface area contributed by atoms with Gasteiger partial charge in [-0.3, -0.25) is 4.98 Å². The number of hydrogen-bond acceptors (Lipinski definition) is 4. The first-order valence-electron chi connectivity index (χ1n) is 7.22. The molecule has 0 atom stereocenters. The third-order valence-corrected chi connectivity index (χ3v) is 3.61. The molecule has 1 aromatic rings. The molecule has 4 heteroatoms. The minimum Gasteiger partial charge on any atom is -0.393 e. The Kier molecular flexibility index (Phi) is 5.16. The average molecular weight is 263 g/mol. The van der Waals surface area contributed by atoms with Gasteiger partial charge in [0.05, 0.1) is 11.8 Å². The molecule has 19 heavy (non-hydrogen) atoms. The molecule has 1 aliphatic rings. The highest BCUT2D eigenvalue weighted by Crippen LogP contribution is 2.27. The molecule has 0 aliphatic heterocycles. The van der Waals surface area contributed by atoms with Crippen LogP contribution in [0.3, 0.4) is 0 Å². The molecule has 4 nitrogen and oxygen atoms in total. The second-order valence-electron chi connectivity index (χ2n) is 5.65. The summed E-state index contributed by atoms with van der Waals surface area (Å²) in [5, 5.41) is 12.7. The number of hydrogen-bond donors (Lipinski definition) is 2. The number of aliphatic hydroxyl groups is 1. The molecule has 0 saturated heterocycles. The lowest BCUT2D eigenvalue weighted by Crippen LogP contribution is -2.36. The van der Waals surface area contributed by atoms with Gasteiger partial charge in [-0.1, -0.05) is 6.92 Å². The number of nitrogens with zero attached hydrogens (tertiary/aromatic N) is 2. The van der Waals surface area contributed by atoms with Crippen molar-refractivity contribution in [3.8, 4) is 0 Å². The largest absolute Gasteiger partial charge is 0.393 e. The summed E-state index contributed by atoms with van der Waals surface area (Å²) >= 11 is 0. The first-order valence-corrected chi connectivity index (χ1v) is 7.22. The van der Waals surface area contributed by atoms with Crippen LogP contribution in [0.1, 0.15) is 31.9 Å². The van der Waals surface area contributed by atoms with E-state index in [1.807, 2.05) is 12.3 Å². The molecule has 1 heterocycles. The van der Waals surface area contributed by atoms with E-state index in [1.54, 1.807) is 0 Å². The van der Waals surface area contributed by atoms with Crippen molar-refractivity contribution in [1.29, 1.82) is 0 Å². The van der Waals surface area contributed by atoms with Gasteiger partial charge in [-0.15, -0.1) is 0 Å². The first-order chi connectivity index (χ1) is 9.17. The van der Waals surface area contributed by atoms with Crippen molar-refractivity contribution in [2.45, 2.75) is 38.8 Å². The summed E-state index contributed by atoms with van der Waals surface area (Å²) in [4.78, 5) is 6.72. The summed E-state index contributed by atoms with van der Waals surface area (Å²) in [6.07, 6.45) is 4.85. The predicted molar refractivity (Wildman–Crippen MR) is 78.1 cm³/mol. The molecule has 0 aromatic carbocycles. The van der Waals surface area contributed by atoms with Gasteiger partial charge in [0.15, 0.2) is 0 Å². The van der Waals surface area contributed by atoms with E-state index in [2.05, 4.69) is 35.2 Å². The van der Waals surface area contributed by atoms with Crippen LogP contribution in [0.2, 0.25) is 0 Å². The minimum atomic E-state index is -0.0573. The van der Waals surface area contributed by atoms with Crippen molar-refractivity contribution in [2.75, 3.05) is 25.5 Å². The van der Waals surface area contributed by atoms with E-state index in [4.69, 9.17) is 0 Å². The molecule has 1 aliphatic carbocycles. The van der Waals surface area contributed by atoms with Crippen LogP contribution in [0.25, 0.3) is 0 Å². The Bertz CT molecular complexity index is 391. The fourth-order valence-corrected chi connectivity index (χ4v) is 2.58. The van der Waals surface area contributed by atoms with Crippen molar-refractivity contribution in [3.05, 3.63) is 24.0 Å². The van der Waals surface area contributed by atoms with E-state index >= 15 is 0 Å². The van der Waals surface area contributed by atoms with Gasteiger partial charge in [0.1, 0.15) is 0 Å². The topological polar surface area (TPSA) is 48.4 Å². The zero-order valence-corrected chi connectivity index (χ0v) is 12.0. The summed E-state index contributed by atoms with van der Waals surface area (Å²) in [7, 11) is 2.12. The van der Waals surface area contributed by atoms with Crippen LogP contribution in [0.4, 0.5) is 5.69 Å². The highest BCUT2D eigenvalue weighted by Gasteiger charge is 2.27. The maximum atomic E-state index is 9.30. The molecule has 106 valence electrons. The van der Waals surface area contributed by atoms with Gasteiger partial charge >= 0.3 is 0 Å². The normalized spacial score (nSPS) is 22.3. The predicted octanol–water partition coefficient (Wildman–Crippen LogP) is 2.11. The highest BCUT2D eigenvalue weighted by atomic mass is 16.3. The molecule has 2 N–H and O–H groups in total. The smallest absolute Gasteiger partial charge is 0.0564 e. The molecular weight excluding hydrogens is 238 g/mol. The number of aromatic nitrogens is 1. The molecule has 0 radical (unpaired) electrons. The maximum absolute atomic E-state index is 9.30. The van der Waals surface area contributed by atoms with E-state index in [0.717, 1.165) is 50.3 Å². The number of rotatable bonds is 7. The Morgan fingerprint density at radius 3 is 2.95 bits per heavy atom. The fraction of sp³-hybridized carbons (Fsp3) is 0.667. The minimum absolute atomic E-state index is 0.0573. The molecule has 1 saturated carbocycles. The van der Waals surface area contributed by atoms with Crippen molar-refractivity contribution in [2.24, 2.45) is 5.92 Å². The SMILES string of the molecule is CCCNc1ccnc(CN(C)CC2CC(O)C2)c1. The van der Waals surface area contributed by atoms with Gasteiger partial charge in [0, 0.05) is 31.5 Å². The van der Waals surface area contributed by atoms with Gasteiger partial charge < -0.3 is 15.3 Å². The zero-order valence-electron chi connectivity index (χ0n) is 12.0. The van der Waals surface area contributed by atoms with Crippen molar-refractivity contribution in [1.82, 2.24) is 9.88 Å². The van der Waals surface area contributed by atoms with Crippen LogP contribution in [-0.2, 0) is 6.54 Å². The Hall–Kier alpha value is -1.13. The van der Waals surface area contributed by atoms with Crippen LogP contribution in [0.15, 0.2) is 18.3 Å². The number of aliphatic hydroxyl groups excluding tert-OH is 1. The van der Waals surface area contributed by atoms with Gasteiger partial charge in [0.2, 0.25) is 0 Å². The van der Waals surface area contributed by atoms with Crippen molar-refractivity contribution in [3.63, 3.8) is 0 Å². The number of anilines is 1. The van der Waals surface area contributed by atoms with Crippen LogP contribution in [0, 0.1) is 5.92 Å². The molecule has 0 bridgehead atoms. The van der Waals surface area contributed by atoms with Gasteiger partial charge in [-0.25, -0.2) is 0 Å². The summed E-state index contributed by atoms with van der Waals surface area (Å²) in [5.74, 6) is 0.654. The standard InChI is InChI=1S/C15H25N3O/c1-3-5-16-13-4-6-17-14(9-13)11-18(2)10-12-7-15(19)8-12/h4,6,9,12,15,19H,3,5,7-8,10-11H2,1-2H3,(H,16,17). The van der Waals surface area contributed by atoms with Gasteiger partial charge in [0.25, 0.3) is 0 Å². The van der Waals surface area contributed by atoms with E-state index < -0.39 is 0 Å². The first kappa shape index (κ1) is 14.3. The quantitative estimate of drug-likeness (QED) is 0.791. The van der Waals surface area contributed by atoms with Crippen LogP contribution in [0.5, 0.6) is 0 Å². The van der Waals surface area contributed by atoms with Crippen molar-refractivity contribution < 1.29 is 5.11 Å². The van der Waals surface area contributed by atoms with Crippen LogP contribution >= 0.6 is 0 Å². The monoisotopic (exact) mass is 263 g/mol. The Balaban J connectivity index is 1.80. The molecule has 0 amide bonds. The summed E-state index contributed by atoms with van der Waals surface area (Å²) < 4.78 is 0. The van der Waals surface area contributed by atoms with Crippen molar-refractivity contribution >= 4 is 5.69 Å². The third kappa shape index (κ3) is 4.48. The fourth-order valence-electron chi connectivity index (χ4n) is 2.58. The van der Waals surface area contributed by atoms with E-state index in [-0.39, 0.29) is 6.10 Å². The average Bonchev–Trinajstić information content (AvgIpc) is 2.35. The molecule has 0 spiro atoms. The maximum Gasteiger partial charge on any atom is 0.0564 e. The second-order valence-corrected chi connectivity index (χ2v) is 5.65. The Morgan fingerprint density at radius 1 is 1.47 bits per heavy atom.